The third-order valence-corrected chi connectivity index (χ3v) is 17.4. The third-order valence-electron chi connectivity index (χ3n) is 8.35. The summed E-state index contributed by atoms with van der Waals surface area (Å²) in [5, 5.41) is 0.147. The van der Waals surface area contributed by atoms with Crippen LogP contribution in [0.5, 0.6) is 0 Å². The van der Waals surface area contributed by atoms with Gasteiger partial charge in [-0.3, -0.25) is 9.59 Å². The van der Waals surface area contributed by atoms with E-state index in [0.29, 0.717) is 45.1 Å². The predicted octanol–water partition coefficient (Wildman–Crippen LogP) is 7.96. The summed E-state index contributed by atoms with van der Waals surface area (Å²) < 4.78 is 18.8. The molecule has 212 valence electrons. The molecule has 7 heteroatoms. The van der Waals surface area contributed by atoms with Crippen molar-refractivity contribution in [2.45, 2.75) is 129 Å². The molecule has 5 nitrogen and oxygen atoms in total. The Morgan fingerprint density at radius 2 is 1.58 bits per heavy atom. The maximum atomic E-state index is 13.2. The minimum absolute atomic E-state index is 0.0292. The number of esters is 1. The van der Waals surface area contributed by atoms with Crippen LogP contribution < -0.4 is 0 Å². The summed E-state index contributed by atoms with van der Waals surface area (Å²) in [5.41, 5.74) is 1.70. The van der Waals surface area contributed by atoms with Gasteiger partial charge in [0.1, 0.15) is 12.2 Å². The average molecular weight is 559 g/mol. The van der Waals surface area contributed by atoms with E-state index in [1.54, 1.807) is 0 Å². The van der Waals surface area contributed by atoms with Crippen LogP contribution >= 0.6 is 0 Å². The number of cyclic esters (lactones) is 1. The van der Waals surface area contributed by atoms with Crippen molar-refractivity contribution in [2.75, 3.05) is 6.61 Å². The van der Waals surface area contributed by atoms with Crippen LogP contribution in [-0.2, 0) is 23.2 Å². The molecule has 1 fully saturated rings. The Morgan fingerprint density at radius 1 is 0.947 bits per heavy atom. The van der Waals surface area contributed by atoms with E-state index in [0.717, 1.165) is 11.1 Å². The highest BCUT2D eigenvalue weighted by atomic mass is 28.4. The van der Waals surface area contributed by atoms with Crippen molar-refractivity contribution < 1.29 is 23.2 Å². The van der Waals surface area contributed by atoms with Crippen LogP contribution in [0.3, 0.4) is 0 Å². The predicted molar refractivity (Wildman–Crippen MR) is 160 cm³/mol. The van der Waals surface area contributed by atoms with E-state index in [-0.39, 0.29) is 21.8 Å². The third kappa shape index (κ3) is 9.48. The molecular weight excluding hydrogens is 509 g/mol. The van der Waals surface area contributed by atoms with Gasteiger partial charge in [-0.25, -0.2) is 0 Å². The van der Waals surface area contributed by atoms with Gasteiger partial charge in [0.15, 0.2) is 22.4 Å². The van der Waals surface area contributed by atoms with Crippen molar-refractivity contribution in [3.8, 4) is 11.8 Å². The van der Waals surface area contributed by atoms with E-state index in [2.05, 4.69) is 79.6 Å². The van der Waals surface area contributed by atoms with E-state index < -0.39 is 28.8 Å². The fraction of sp³-hybridized carbons (Fsp3) is 0.677. The van der Waals surface area contributed by atoms with Crippen LogP contribution in [-0.4, -0.2) is 41.1 Å². The van der Waals surface area contributed by atoms with E-state index in [1.165, 1.54) is 0 Å². The molecule has 0 N–H and O–H groups in total. The fourth-order valence-corrected chi connectivity index (χ4v) is 6.06. The topological polar surface area (TPSA) is 61.8 Å². The fourth-order valence-electron chi connectivity index (χ4n) is 3.73. The second-order valence-electron chi connectivity index (χ2n) is 13.5. The zero-order chi connectivity index (χ0) is 28.8. The molecule has 0 spiro atoms. The van der Waals surface area contributed by atoms with Crippen molar-refractivity contribution in [1.82, 2.24) is 0 Å². The summed E-state index contributed by atoms with van der Waals surface area (Å²) >= 11 is 0. The molecule has 1 aromatic rings. The molecule has 0 aliphatic carbocycles. The van der Waals surface area contributed by atoms with Gasteiger partial charge >= 0.3 is 5.97 Å². The van der Waals surface area contributed by atoms with Crippen molar-refractivity contribution in [3.63, 3.8) is 0 Å². The molecule has 1 aliphatic heterocycles. The normalized spacial score (nSPS) is 20.4. The summed E-state index contributed by atoms with van der Waals surface area (Å²) in [6.07, 6.45) is 1.93. The molecule has 0 bridgehead atoms. The lowest BCUT2D eigenvalue weighted by Gasteiger charge is -2.39. The smallest absolute Gasteiger partial charge is 0.306 e. The van der Waals surface area contributed by atoms with Crippen LogP contribution in [0.1, 0.15) is 97.3 Å². The van der Waals surface area contributed by atoms with Gasteiger partial charge in [0.2, 0.25) is 0 Å². The van der Waals surface area contributed by atoms with Gasteiger partial charge in [-0.15, -0.1) is 0 Å². The first-order valence-electron chi connectivity index (χ1n) is 14.1. The number of ether oxygens (including phenoxy) is 1. The first kappa shape index (κ1) is 32.5. The van der Waals surface area contributed by atoms with Gasteiger partial charge in [-0.1, -0.05) is 65.5 Å². The van der Waals surface area contributed by atoms with Crippen LogP contribution in [0.2, 0.25) is 36.3 Å². The lowest BCUT2D eigenvalue weighted by Crippen LogP contribution is -2.46. The van der Waals surface area contributed by atoms with Crippen LogP contribution in [0, 0.1) is 11.8 Å². The number of hydrogen-bond donors (Lipinski definition) is 0. The quantitative estimate of drug-likeness (QED) is 0.153. The molecule has 1 heterocycles. The van der Waals surface area contributed by atoms with Gasteiger partial charge in [-0.2, -0.15) is 0 Å². The first-order valence-corrected chi connectivity index (χ1v) is 19.9. The standard InChI is InChI=1S/C31H50O5Si2/c1-30(2,3)37(7,8)34-21-14-13-16-24-17-15-18-25(22-24)27-23-28(36-38(9,10)31(4,5)6)26(32)19-11-12-20-29(33)35-27/h15,17-18,22,27-28H,11-12,14,19-21,23H2,1-10H3/t27-,28-/m1/s1. The van der Waals surface area contributed by atoms with Gasteiger partial charge < -0.3 is 13.6 Å². The molecule has 1 aliphatic rings. The summed E-state index contributed by atoms with van der Waals surface area (Å²) in [7, 11) is -3.99. The lowest BCUT2D eigenvalue weighted by atomic mass is 9.96. The van der Waals surface area contributed by atoms with Gasteiger partial charge in [-0.05, 0) is 66.8 Å². The highest BCUT2D eigenvalue weighted by Crippen LogP contribution is 2.39. The highest BCUT2D eigenvalue weighted by molar-refractivity contribution is 6.74. The van der Waals surface area contributed by atoms with E-state index in [4.69, 9.17) is 13.6 Å². The number of carbonyl (C=O) groups excluding carboxylic acids is 2. The van der Waals surface area contributed by atoms with Gasteiger partial charge in [0, 0.05) is 37.9 Å². The number of hydrogen-bond acceptors (Lipinski definition) is 5. The Balaban J connectivity index is 2.23. The van der Waals surface area contributed by atoms with Crippen LogP contribution in [0.25, 0.3) is 0 Å². The van der Waals surface area contributed by atoms with Crippen molar-refractivity contribution in [3.05, 3.63) is 35.4 Å². The SMILES string of the molecule is CC(C)(C)[Si](C)(C)OCCC#Cc1cccc([C@H]2C[C@@H](O[Si](C)(C)C(C)(C)C)C(=O)CCCCC(=O)O2)c1. The number of ketones is 1. The molecule has 38 heavy (non-hydrogen) atoms. The minimum Gasteiger partial charge on any atom is -0.457 e. The summed E-state index contributed by atoms with van der Waals surface area (Å²) in [6.45, 7) is 22.6. The first-order chi connectivity index (χ1) is 17.4. The maximum Gasteiger partial charge on any atom is 0.306 e. The zero-order valence-electron chi connectivity index (χ0n) is 25.5. The maximum absolute atomic E-state index is 13.2. The monoisotopic (exact) mass is 558 g/mol. The summed E-state index contributed by atoms with van der Waals surface area (Å²) in [6, 6.07) is 7.81. The average Bonchev–Trinajstić information content (AvgIpc) is 2.78. The molecule has 2 atom stereocenters. The minimum atomic E-state index is -2.20. The Hall–Kier alpha value is -1.73. The number of Topliss-reactive ketones (excluding diaryl/α,β-unsaturated/α-hetero) is 1. The molecule has 0 amide bonds. The number of rotatable bonds is 6. The van der Waals surface area contributed by atoms with E-state index in [1.807, 2.05) is 24.3 Å². The Morgan fingerprint density at radius 3 is 2.21 bits per heavy atom. The summed E-state index contributed by atoms with van der Waals surface area (Å²) in [5.74, 6) is 6.36. The Bertz CT molecular complexity index is 1020. The summed E-state index contributed by atoms with van der Waals surface area (Å²) in [4.78, 5) is 25.8. The Kier molecular flexibility index (Phi) is 11.2. The molecule has 2 rings (SSSR count). The largest absolute Gasteiger partial charge is 0.457 e. The van der Waals surface area contributed by atoms with Crippen LogP contribution in [0.4, 0.5) is 0 Å². The highest BCUT2D eigenvalue weighted by Gasteiger charge is 2.42. The number of benzene rings is 1. The van der Waals surface area contributed by atoms with Gasteiger partial charge in [0.25, 0.3) is 0 Å². The molecule has 1 aromatic carbocycles. The number of carbonyl (C=O) groups is 2. The van der Waals surface area contributed by atoms with E-state index >= 15 is 0 Å². The molecule has 0 saturated carbocycles. The molecule has 0 aromatic heterocycles. The van der Waals surface area contributed by atoms with Crippen LogP contribution in [0.15, 0.2) is 24.3 Å². The molecule has 1 saturated heterocycles. The molecular formula is C31H50O5Si2. The second-order valence-corrected chi connectivity index (χ2v) is 23.1. The van der Waals surface area contributed by atoms with Crippen molar-refractivity contribution >= 4 is 28.4 Å². The van der Waals surface area contributed by atoms with Crippen molar-refractivity contribution in [1.29, 1.82) is 0 Å². The Labute approximate surface area is 233 Å². The van der Waals surface area contributed by atoms with Gasteiger partial charge in [0.05, 0.1) is 0 Å². The second kappa shape index (κ2) is 13.1. The lowest BCUT2D eigenvalue weighted by molar-refractivity contribution is -0.153. The van der Waals surface area contributed by atoms with E-state index in [9.17, 15) is 9.59 Å². The zero-order valence-corrected chi connectivity index (χ0v) is 27.5. The molecule has 0 radical (unpaired) electrons. The van der Waals surface area contributed by atoms with Crippen molar-refractivity contribution in [2.24, 2.45) is 0 Å². The molecule has 0 unspecified atom stereocenters.